The van der Waals surface area contributed by atoms with Gasteiger partial charge in [-0.05, 0) is 62.9 Å². The predicted octanol–water partition coefficient (Wildman–Crippen LogP) is 3.11. The SMILES string of the molecule is CC(=O)Nc1cc(NC(=O)[C@@H](C2CC2)N2CCCC2)ccc1Cl. The summed E-state index contributed by atoms with van der Waals surface area (Å²) in [6.45, 7) is 3.44. The number of benzene rings is 1. The Morgan fingerprint density at radius 2 is 1.91 bits per heavy atom. The molecule has 1 atom stereocenters. The van der Waals surface area contributed by atoms with Crippen LogP contribution in [0.25, 0.3) is 0 Å². The number of hydrogen-bond acceptors (Lipinski definition) is 3. The maximum atomic E-state index is 12.7. The summed E-state index contributed by atoms with van der Waals surface area (Å²) in [5.41, 5.74) is 1.18. The molecule has 1 aliphatic carbocycles. The van der Waals surface area contributed by atoms with Gasteiger partial charge >= 0.3 is 0 Å². The summed E-state index contributed by atoms with van der Waals surface area (Å²) in [5, 5.41) is 6.12. The van der Waals surface area contributed by atoms with Gasteiger partial charge in [0.2, 0.25) is 11.8 Å². The molecule has 1 saturated heterocycles. The Labute approximate surface area is 141 Å². The van der Waals surface area contributed by atoms with Gasteiger partial charge in [-0.25, -0.2) is 0 Å². The number of halogens is 1. The summed E-state index contributed by atoms with van der Waals surface area (Å²) >= 11 is 6.07. The van der Waals surface area contributed by atoms with E-state index in [9.17, 15) is 9.59 Å². The lowest BCUT2D eigenvalue weighted by atomic mass is 10.1. The molecule has 1 aromatic rings. The molecule has 0 radical (unpaired) electrons. The number of carbonyl (C=O) groups excluding carboxylic acids is 2. The highest BCUT2D eigenvalue weighted by Crippen LogP contribution is 2.37. The number of anilines is 2. The smallest absolute Gasteiger partial charge is 0.242 e. The third kappa shape index (κ3) is 4.03. The molecule has 3 rings (SSSR count). The van der Waals surface area contributed by atoms with Gasteiger partial charge in [0.15, 0.2) is 0 Å². The maximum Gasteiger partial charge on any atom is 0.242 e. The fourth-order valence-corrected chi connectivity index (χ4v) is 3.38. The maximum absolute atomic E-state index is 12.7. The van der Waals surface area contributed by atoms with Crippen LogP contribution in [0.4, 0.5) is 11.4 Å². The second-order valence-electron chi connectivity index (χ2n) is 6.39. The van der Waals surface area contributed by atoms with Crippen molar-refractivity contribution in [3.8, 4) is 0 Å². The molecule has 0 unspecified atom stereocenters. The van der Waals surface area contributed by atoms with Crippen molar-refractivity contribution in [3.63, 3.8) is 0 Å². The van der Waals surface area contributed by atoms with Crippen molar-refractivity contribution in [2.45, 2.75) is 38.6 Å². The van der Waals surface area contributed by atoms with Crippen molar-refractivity contribution in [1.82, 2.24) is 4.90 Å². The highest BCUT2D eigenvalue weighted by Gasteiger charge is 2.40. The first-order valence-corrected chi connectivity index (χ1v) is 8.54. The molecule has 124 valence electrons. The van der Waals surface area contributed by atoms with E-state index in [1.54, 1.807) is 18.2 Å². The summed E-state index contributed by atoms with van der Waals surface area (Å²) in [5.74, 6) is 0.337. The number of hydrogen-bond donors (Lipinski definition) is 2. The minimum Gasteiger partial charge on any atom is -0.325 e. The van der Waals surface area contributed by atoms with Crippen molar-refractivity contribution in [1.29, 1.82) is 0 Å². The normalized spacial score (nSPS) is 19.4. The topological polar surface area (TPSA) is 61.4 Å². The van der Waals surface area contributed by atoms with Gasteiger partial charge in [0, 0.05) is 12.6 Å². The van der Waals surface area contributed by atoms with Gasteiger partial charge in [-0.15, -0.1) is 0 Å². The van der Waals surface area contributed by atoms with Crippen LogP contribution in [0.2, 0.25) is 5.02 Å². The van der Waals surface area contributed by atoms with E-state index in [0.717, 1.165) is 25.9 Å². The summed E-state index contributed by atoms with van der Waals surface area (Å²) in [4.78, 5) is 26.2. The first-order chi connectivity index (χ1) is 11.0. The number of carbonyl (C=O) groups is 2. The molecule has 0 aromatic heterocycles. The largest absolute Gasteiger partial charge is 0.325 e. The summed E-state index contributed by atoms with van der Waals surface area (Å²) < 4.78 is 0. The molecule has 1 heterocycles. The highest BCUT2D eigenvalue weighted by atomic mass is 35.5. The fourth-order valence-electron chi connectivity index (χ4n) is 3.21. The predicted molar refractivity (Wildman–Crippen MR) is 91.7 cm³/mol. The molecule has 1 aromatic carbocycles. The molecule has 1 aliphatic heterocycles. The van der Waals surface area contributed by atoms with Gasteiger partial charge in [0.05, 0.1) is 16.8 Å². The number of amides is 2. The Morgan fingerprint density at radius 3 is 2.52 bits per heavy atom. The third-order valence-electron chi connectivity index (χ3n) is 4.42. The van der Waals surface area contributed by atoms with Gasteiger partial charge in [0.1, 0.15) is 0 Å². The number of likely N-dealkylation sites (tertiary alicyclic amines) is 1. The van der Waals surface area contributed by atoms with Crippen LogP contribution in [0, 0.1) is 5.92 Å². The molecule has 6 heteroatoms. The van der Waals surface area contributed by atoms with Crippen LogP contribution >= 0.6 is 11.6 Å². The van der Waals surface area contributed by atoms with Crippen LogP contribution in [-0.4, -0.2) is 35.8 Å². The van der Waals surface area contributed by atoms with Crippen molar-refractivity contribution >= 4 is 34.8 Å². The van der Waals surface area contributed by atoms with E-state index >= 15 is 0 Å². The molecule has 2 fully saturated rings. The molecular formula is C17H22ClN3O2. The zero-order valence-electron chi connectivity index (χ0n) is 13.3. The Balaban J connectivity index is 1.72. The second kappa shape index (κ2) is 6.89. The number of nitrogens with zero attached hydrogens (tertiary/aromatic N) is 1. The fraction of sp³-hybridized carbons (Fsp3) is 0.529. The van der Waals surface area contributed by atoms with Crippen LogP contribution in [0.5, 0.6) is 0 Å². The standard InChI is InChI=1S/C17H22ClN3O2/c1-11(22)19-15-10-13(6-7-14(15)18)20-17(23)16(12-4-5-12)21-8-2-3-9-21/h6-7,10,12,16H,2-5,8-9H2,1H3,(H,19,22)(H,20,23)/t16-/m1/s1. The van der Waals surface area contributed by atoms with E-state index in [0.29, 0.717) is 22.3 Å². The van der Waals surface area contributed by atoms with E-state index in [1.165, 1.54) is 19.8 Å². The first kappa shape index (κ1) is 16.3. The van der Waals surface area contributed by atoms with E-state index in [-0.39, 0.29) is 17.9 Å². The van der Waals surface area contributed by atoms with E-state index in [1.807, 2.05) is 0 Å². The lowest BCUT2D eigenvalue weighted by Gasteiger charge is -2.26. The molecule has 2 N–H and O–H groups in total. The molecule has 2 amide bonds. The zero-order chi connectivity index (χ0) is 16.4. The molecule has 0 spiro atoms. The van der Waals surface area contributed by atoms with Crippen molar-refractivity contribution in [3.05, 3.63) is 23.2 Å². The van der Waals surface area contributed by atoms with Crippen LogP contribution in [0.3, 0.4) is 0 Å². The minimum absolute atomic E-state index is 0.0302. The van der Waals surface area contributed by atoms with Crippen LogP contribution in [0.1, 0.15) is 32.6 Å². The monoisotopic (exact) mass is 335 g/mol. The van der Waals surface area contributed by atoms with Gasteiger partial charge in [-0.3, -0.25) is 14.5 Å². The van der Waals surface area contributed by atoms with E-state index < -0.39 is 0 Å². The molecule has 23 heavy (non-hydrogen) atoms. The Bertz CT molecular complexity index is 610. The van der Waals surface area contributed by atoms with Crippen molar-refractivity contribution in [2.24, 2.45) is 5.92 Å². The van der Waals surface area contributed by atoms with Gasteiger partial charge < -0.3 is 10.6 Å². The van der Waals surface area contributed by atoms with Crippen LogP contribution < -0.4 is 10.6 Å². The van der Waals surface area contributed by atoms with Crippen LogP contribution in [-0.2, 0) is 9.59 Å². The van der Waals surface area contributed by atoms with Crippen LogP contribution in [0.15, 0.2) is 18.2 Å². The van der Waals surface area contributed by atoms with E-state index in [2.05, 4.69) is 15.5 Å². The molecular weight excluding hydrogens is 314 g/mol. The number of rotatable bonds is 5. The zero-order valence-corrected chi connectivity index (χ0v) is 14.0. The summed E-state index contributed by atoms with van der Waals surface area (Å²) in [7, 11) is 0. The Morgan fingerprint density at radius 1 is 1.22 bits per heavy atom. The minimum atomic E-state index is -0.191. The summed E-state index contributed by atoms with van der Waals surface area (Å²) in [6, 6.07) is 5.12. The van der Waals surface area contributed by atoms with Gasteiger partial charge in [0.25, 0.3) is 0 Å². The lowest BCUT2D eigenvalue weighted by Crippen LogP contribution is -2.44. The quantitative estimate of drug-likeness (QED) is 0.869. The molecule has 0 bridgehead atoms. The lowest BCUT2D eigenvalue weighted by molar-refractivity contribution is -0.121. The Kier molecular flexibility index (Phi) is 4.87. The van der Waals surface area contributed by atoms with Crippen molar-refractivity contribution in [2.75, 3.05) is 23.7 Å². The molecule has 5 nitrogen and oxygen atoms in total. The Hall–Kier alpha value is -1.59. The highest BCUT2D eigenvalue weighted by molar-refractivity contribution is 6.33. The summed E-state index contributed by atoms with van der Waals surface area (Å²) in [6.07, 6.45) is 4.60. The first-order valence-electron chi connectivity index (χ1n) is 8.16. The molecule has 2 aliphatic rings. The second-order valence-corrected chi connectivity index (χ2v) is 6.80. The van der Waals surface area contributed by atoms with Crippen molar-refractivity contribution < 1.29 is 9.59 Å². The number of nitrogens with one attached hydrogen (secondary N) is 2. The molecule has 1 saturated carbocycles. The average Bonchev–Trinajstić information content (AvgIpc) is 3.16. The van der Waals surface area contributed by atoms with Gasteiger partial charge in [-0.1, -0.05) is 11.6 Å². The average molecular weight is 336 g/mol. The van der Waals surface area contributed by atoms with Gasteiger partial charge in [-0.2, -0.15) is 0 Å². The third-order valence-corrected chi connectivity index (χ3v) is 4.75. The van der Waals surface area contributed by atoms with E-state index in [4.69, 9.17) is 11.6 Å².